The van der Waals surface area contributed by atoms with Crippen molar-refractivity contribution in [3.8, 4) is 0 Å². The van der Waals surface area contributed by atoms with Crippen molar-refractivity contribution in [2.75, 3.05) is 5.32 Å². The van der Waals surface area contributed by atoms with Crippen molar-refractivity contribution >= 4 is 16.7 Å². The van der Waals surface area contributed by atoms with E-state index in [9.17, 15) is 8.78 Å². The lowest BCUT2D eigenvalue weighted by Crippen LogP contribution is -2.06. The zero-order valence-electron chi connectivity index (χ0n) is 11.0. The van der Waals surface area contributed by atoms with Crippen LogP contribution < -0.4 is 5.32 Å². The lowest BCUT2D eigenvalue weighted by molar-refractivity contribution is 0.141. The lowest BCUT2D eigenvalue weighted by Gasteiger charge is -2.10. The number of benzene rings is 1. The summed E-state index contributed by atoms with van der Waals surface area (Å²) in [6, 6.07) is 10.8. The second-order valence-corrected chi connectivity index (χ2v) is 4.46. The number of fused-ring (bicyclic) bond motifs is 1. The normalized spacial score (nSPS) is 11.0. The summed E-state index contributed by atoms with van der Waals surface area (Å²) in [6.07, 6.45) is 0.691. The van der Waals surface area contributed by atoms with Crippen LogP contribution in [0.5, 0.6) is 0 Å². The molecule has 0 aliphatic heterocycles. The first-order valence-corrected chi connectivity index (χ1v) is 6.41. The van der Waals surface area contributed by atoms with Crippen LogP contribution in [0.25, 0.3) is 10.9 Å². The highest BCUT2D eigenvalue weighted by Crippen LogP contribution is 2.24. The van der Waals surface area contributed by atoms with Gasteiger partial charge in [-0.15, -0.1) is 0 Å². The molecule has 0 fully saturated rings. The SMILES string of the molecule is FC(F)c1nc(NCc2cccnc2)c2ccccc2n1. The third-order valence-corrected chi connectivity index (χ3v) is 3.00. The maximum atomic E-state index is 12.9. The molecule has 0 aliphatic rings. The monoisotopic (exact) mass is 286 g/mol. The highest BCUT2D eigenvalue weighted by atomic mass is 19.3. The van der Waals surface area contributed by atoms with Crippen LogP contribution in [-0.4, -0.2) is 15.0 Å². The minimum atomic E-state index is -2.70. The van der Waals surface area contributed by atoms with E-state index in [1.165, 1.54) is 0 Å². The Kier molecular flexibility index (Phi) is 3.68. The van der Waals surface area contributed by atoms with Crippen LogP contribution in [0, 0.1) is 0 Å². The average Bonchev–Trinajstić information content (AvgIpc) is 2.53. The molecule has 0 unspecified atom stereocenters. The highest BCUT2D eigenvalue weighted by molar-refractivity contribution is 5.88. The molecule has 0 radical (unpaired) electrons. The maximum Gasteiger partial charge on any atom is 0.297 e. The predicted molar refractivity (Wildman–Crippen MR) is 76.1 cm³/mol. The van der Waals surface area contributed by atoms with E-state index in [1.807, 2.05) is 18.2 Å². The topological polar surface area (TPSA) is 50.7 Å². The Morgan fingerprint density at radius 2 is 1.90 bits per heavy atom. The second-order valence-electron chi connectivity index (χ2n) is 4.46. The highest BCUT2D eigenvalue weighted by Gasteiger charge is 2.14. The first-order valence-electron chi connectivity index (χ1n) is 6.41. The third-order valence-electron chi connectivity index (χ3n) is 3.00. The summed E-state index contributed by atoms with van der Waals surface area (Å²) in [7, 11) is 0. The predicted octanol–water partition coefficient (Wildman–Crippen LogP) is 3.57. The van der Waals surface area contributed by atoms with Gasteiger partial charge in [0.25, 0.3) is 6.43 Å². The van der Waals surface area contributed by atoms with Crippen molar-refractivity contribution in [1.29, 1.82) is 0 Å². The number of rotatable bonds is 4. The second kappa shape index (κ2) is 5.78. The smallest absolute Gasteiger partial charge is 0.297 e. The molecule has 21 heavy (non-hydrogen) atoms. The van der Waals surface area contributed by atoms with Crippen molar-refractivity contribution < 1.29 is 8.78 Å². The van der Waals surface area contributed by atoms with Crippen LogP contribution in [-0.2, 0) is 6.54 Å². The number of alkyl halides is 2. The zero-order chi connectivity index (χ0) is 14.7. The van der Waals surface area contributed by atoms with Crippen molar-refractivity contribution in [3.63, 3.8) is 0 Å². The standard InChI is InChI=1S/C15H12F2N4/c16-13(17)15-20-12-6-2-1-5-11(12)14(21-15)19-9-10-4-3-7-18-8-10/h1-8,13H,9H2,(H,19,20,21). The van der Waals surface area contributed by atoms with Crippen LogP contribution >= 0.6 is 0 Å². The summed E-state index contributed by atoms with van der Waals surface area (Å²) in [5.41, 5.74) is 1.44. The van der Waals surface area contributed by atoms with E-state index in [4.69, 9.17) is 0 Å². The fraction of sp³-hybridized carbons (Fsp3) is 0.133. The van der Waals surface area contributed by atoms with Crippen LogP contribution in [0.4, 0.5) is 14.6 Å². The number of para-hydroxylation sites is 1. The van der Waals surface area contributed by atoms with Gasteiger partial charge in [-0.3, -0.25) is 4.98 Å². The Bertz CT molecular complexity index is 747. The molecule has 106 valence electrons. The lowest BCUT2D eigenvalue weighted by atomic mass is 10.2. The van der Waals surface area contributed by atoms with Gasteiger partial charge in [-0.25, -0.2) is 18.7 Å². The zero-order valence-corrected chi connectivity index (χ0v) is 11.0. The van der Waals surface area contributed by atoms with Gasteiger partial charge in [0.1, 0.15) is 5.82 Å². The molecule has 3 rings (SSSR count). The number of hydrogen-bond donors (Lipinski definition) is 1. The minimum absolute atomic E-state index is 0.403. The van der Waals surface area contributed by atoms with Crippen LogP contribution in [0.3, 0.4) is 0 Å². The molecule has 1 N–H and O–H groups in total. The van der Waals surface area contributed by atoms with E-state index in [2.05, 4.69) is 20.3 Å². The van der Waals surface area contributed by atoms with Crippen LogP contribution in [0.1, 0.15) is 17.8 Å². The molecule has 2 aromatic heterocycles. The Labute approximate surface area is 119 Å². The van der Waals surface area contributed by atoms with Gasteiger partial charge < -0.3 is 5.32 Å². The van der Waals surface area contributed by atoms with E-state index < -0.39 is 12.2 Å². The molecule has 0 saturated heterocycles. The van der Waals surface area contributed by atoms with Crippen molar-refractivity contribution in [2.24, 2.45) is 0 Å². The number of nitrogens with zero attached hydrogens (tertiary/aromatic N) is 3. The molecule has 1 aromatic carbocycles. The average molecular weight is 286 g/mol. The molecule has 6 heteroatoms. The Morgan fingerprint density at radius 3 is 2.67 bits per heavy atom. The molecule has 0 bridgehead atoms. The number of hydrogen-bond acceptors (Lipinski definition) is 4. The molecule has 4 nitrogen and oxygen atoms in total. The van der Waals surface area contributed by atoms with E-state index in [0.29, 0.717) is 23.3 Å². The number of halogens is 2. The van der Waals surface area contributed by atoms with Gasteiger partial charge in [0.15, 0.2) is 5.82 Å². The van der Waals surface area contributed by atoms with Crippen LogP contribution in [0.2, 0.25) is 0 Å². The van der Waals surface area contributed by atoms with E-state index >= 15 is 0 Å². The summed E-state index contributed by atoms with van der Waals surface area (Å²) in [4.78, 5) is 11.8. The van der Waals surface area contributed by atoms with Gasteiger partial charge in [0.05, 0.1) is 5.52 Å². The molecule has 0 spiro atoms. The molecule has 0 saturated carbocycles. The largest absolute Gasteiger partial charge is 0.365 e. The first kappa shape index (κ1) is 13.4. The van der Waals surface area contributed by atoms with Crippen LogP contribution in [0.15, 0.2) is 48.8 Å². The van der Waals surface area contributed by atoms with Gasteiger partial charge in [0, 0.05) is 24.3 Å². The Balaban J connectivity index is 1.96. The molecule has 3 aromatic rings. The Morgan fingerprint density at radius 1 is 1.05 bits per heavy atom. The fourth-order valence-electron chi connectivity index (χ4n) is 2.02. The number of nitrogens with one attached hydrogen (secondary N) is 1. The number of anilines is 1. The van der Waals surface area contributed by atoms with Gasteiger partial charge in [-0.05, 0) is 23.8 Å². The van der Waals surface area contributed by atoms with Crippen molar-refractivity contribution in [1.82, 2.24) is 15.0 Å². The van der Waals surface area contributed by atoms with Crippen molar-refractivity contribution in [3.05, 3.63) is 60.2 Å². The van der Waals surface area contributed by atoms with Crippen molar-refractivity contribution in [2.45, 2.75) is 13.0 Å². The van der Waals surface area contributed by atoms with Gasteiger partial charge in [0.2, 0.25) is 0 Å². The summed E-state index contributed by atoms with van der Waals surface area (Å²) in [5, 5.41) is 3.79. The summed E-state index contributed by atoms with van der Waals surface area (Å²) < 4.78 is 25.8. The fourth-order valence-corrected chi connectivity index (χ4v) is 2.02. The minimum Gasteiger partial charge on any atom is -0.365 e. The molecule has 0 amide bonds. The first-order chi connectivity index (χ1) is 10.2. The number of aromatic nitrogens is 3. The van der Waals surface area contributed by atoms with E-state index in [0.717, 1.165) is 5.56 Å². The summed E-state index contributed by atoms with van der Waals surface area (Å²) >= 11 is 0. The molecular formula is C15H12F2N4. The van der Waals surface area contributed by atoms with E-state index in [1.54, 1.807) is 30.6 Å². The molecule has 0 aliphatic carbocycles. The Hall–Kier alpha value is -2.63. The molecular weight excluding hydrogens is 274 g/mol. The van der Waals surface area contributed by atoms with Gasteiger partial charge in [-0.2, -0.15) is 0 Å². The number of pyridine rings is 1. The summed E-state index contributed by atoms with van der Waals surface area (Å²) in [6.45, 7) is 0.456. The molecule has 2 heterocycles. The maximum absolute atomic E-state index is 12.9. The third kappa shape index (κ3) is 2.94. The summed E-state index contributed by atoms with van der Waals surface area (Å²) in [5.74, 6) is -0.0675. The van der Waals surface area contributed by atoms with Gasteiger partial charge >= 0.3 is 0 Å². The van der Waals surface area contributed by atoms with Gasteiger partial charge in [-0.1, -0.05) is 18.2 Å². The quantitative estimate of drug-likeness (QED) is 0.796. The van der Waals surface area contributed by atoms with E-state index in [-0.39, 0.29) is 0 Å². The molecule has 0 atom stereocenters.